The van der Waals surface area contributed by atoms with Gasteiger partial charge in [0.05, 0.1) is 0 Å². The summed E-state index contributed by atoms with van der Waals surface area (Å²) < 4.78 is 2.07. The Morgan fingerprint density at radius 1 is 1.04 bits per heavy atom. The van der Waals surface area contributed by atoms with E-state index in [0.29, 0.717) is 5.92 Å². The first kappa shape index (κ1) is 15.8. The summed E-state index contributed by atoms with van der Waals surface area (Å²) in [5, 5.41) is 0. The zero-order chi connectivity index (χ0) is 16.4. The quantitative estimate of drug-likeness (QED) is 0.853. The topological polar surface area (TPSA) is 34.0 Å². The Hall–Kier alpha value is -1.68. The van der Waals surface area contributed by atoms with Crippen molar-refractivity contribution in [2.45, 2.75) is 63.8 Å². The normalized spacial score (nSPS) is 23.5. The summed E-state index contributed by atoms with van der Waals surface area (Å²) in [6.07, 6.45) is 13.5. The Morgan fingerprint density at radius 3 is 2.71 bits per heavy atom. The van der Waals surface area contributed by atoms with Crippen molar-refractivity contribution in [2.24, 2.45) is 0 Å². The van der Waals surface area contributed by atoms with Crippen LogP contribution in [0.2, 0.25) is 0 Å². The van der Waals surface area contributed by atoms with Gasteiger partial charge in [-0.3, -0.25) is 9.47 Å². The second-order valence-corrected chi connectivity index (χ2v) is 7.39. The van der Waals surface area contributed by atoms with E-state index in [1.54, 1.807) is 0 Å². The third-order valence-electron chi connectivity index (χ3n) is 5.79. The van der Waals surface area contributed by atoms with Crippen LogP contribution in [-0.4, -0.2) is 38.6 Å². The summed E-state index contributed by atoms with van der Waals surface area (Å²) in [6.45, 7) is 4.49. The molecule has 0 spiro atoms. The second kappa shape index (κ2) is 7.06. The number of rotatable bonds is 3. The molecular formula is C20H28N4. The number of imidazole rings is 1. The predicted molar refractivity (Wildman–Crippen MR) is 96.5 cm³/mol. The highest BCUT2D eigenvalue weighted by atomic mass is 15.2. The molecular weight excluding hydrogens is 296 g/mol. The average Bonchev–Trinajstić information content (AvgIpc) is 3.09. The lowest BCUT2D eigenvalue weighted by Crippen LogP contribution is -2.43. The molecule has 1 atom stereocenters. The van der Waals surface area contributed by atoms with E-state index in [-0.39, 0.29) is 0 Å². The van der Waals surface area contributed by atoms with E-state index < -0.39 is 0 Å². The van der Waals surface area contributed by atoms with E-state index in [1.807, 2.05) is 19.3 Å². The van der Waals surface area contributed by atoms with Crippen molar-refractivity contribution in [3.8, 4) is 5.82 Å². The van der Waals surface area contributed by atoms with Crippen LogP contribution in [0.5, 0.6) is 0 Å². The number of aromatic nitrogens is 3. The molecule has 3 heterocycles. The molecule has 24 heavy (non-hydrogen) atoms. The molecule has 1 aliphatic carbocycles. The Morgan fingerprint density at radius 2 is 1.92 bits per heavy atom. The summed E-state index contributed by atoms with van der Waals surface area (Å²) in [6, 6.07) is 7.27. The van der Waals surface area contributed by atoms with Crippen LogP contribution >= 0.6 is 0 Å². The lowest BCUT2D eigenvalue weighted by molar-refractivity contribution is 0.118. The molecule has 4 nitrogen and oxygen atoms in total. The first-order valence-electron chi connectivity index (χ1n) is 9.52. The Labute approximate surface area is 144 Å². The van der Waals surface area contributed by atoms with E-state index in [4.69, 9.17) is 4.98 Å². The fraction of sp³-hybridized carbons (Fsp3) is 0.600. The van der Waals surface area contributed by atoms with E-state index in [1.165, 1.54) is 63.7 Å². The summed E-state index contributed by atoms with van der Waals surface area (Å²) in [4.78, 5) is 12.1. The first-order valence-corrected chi connectivity index (χ1v) is 9.52. The van der Waals surface area contributed by atoms with Gasteiger partial charge in [-0.25, -0.2) is 9.97 Å². The molecule has 0 amide bonds. The molecule has 1 unspecified atom stereocenters. The monoisotopic (exact) mass is 324 g/mol. The molecule has 2 aromatic rings. The standard InChI is InChI=1S/C20H28N4/c1-16-21-12-14-24(16)20-11-5-10-19(22-20)17-7-6-13-23(15-17)18-8-3-2-4-9-18/h5,10-12,14,17-18H,2-4,6-9,13,15H2,1H3. The van der Waals surface area contributed by atoms with E-state index >= 15 is 0 Å². The molecule has 0 radical (unpaired) electrons. The highest BCUT2D eigenvalue weighted by molar-refractivity contribution is 5.28. The maximum absolute atomic E-state index is 4.98. The molecule has 2 aromatic heterocycles. The second-order valence-electron chi connectivity index (χ2n) is 7.39. The molecule has 0 aromatic carbocycles. The van der Waals surface area contributed by atoms with Gasteiger partial charge in [-0.1, -0.05) is 25.3 Å². The summed E-state index contributed by atoms with van der Waals surface area (Å²) >= 11 is 0. The highest BCUT2D eigenvalue weighted by Crippen LogP contribution is 2.31. The minimum atomic E-state index is 0.574. The molecule has 1 saturated carbocycles. The number of pyridine rings is 1. The third-order valence-corrected chi connectivity index (χ3v) is 5.79. The molecule has 2 fully saturated rings. The Balaban J connectivity index is 1.52. The highest BCUT2D eigenvalue weighted by Gasteiger charge is 2.28. The van der Waals surface area contributed by atoms with Crippen molar-refractivity contribution < 1.29 is 0 Å². The van der Waals surface area contributed by atoms with Crippen molar-refractivity contribution >= 4 is 0 Å². The van der Waals surface area contributed by atoms with Crippen molar-refractivity contribution in [2.75, 3.05) is 13.1 Å². The van der Waals surface area contributed by atoms with Gasteiger partial charge in [-0.15, -0.1) is 0 Å². The zero-order valence-electron chi connectivity index (χ0n) is 14.7. The molecule has 4 heteroatoms. The molecule has 0 bridgehead atoms. The molecule has 1 saturated heterocycles. The van der Waals surface area contributed by atoms with Gasteiger partial charge in [-0.2, -0.15) is 0 Å². The van der Waals surface area contributed by atoms with Crippen LogP contribution in [0.3, 0.4) is 0 Å². The first-order chi connectivity index (χ1) is 11.8. The van der Waals surface area contributed by atoms with E-state index in [0.717, 1.165) is 17.7 Å². The molecule has 2 aliphatic rings. The third kappa shape index (κ3) is 3.25. The SMILES string of the molecule is Cc1nccn1-c1cccc(C2CCCN(C3CCCCC3)C2)n1. The largest absolute Gasteiger partial charge is 0.300 e. The van der Waals surface area contributed by atoms with Crippen LogP contribution in [0.1, 0.15) is 62.4 Å². The number of likely N-dealkylation sites (tertiary alicyclic amines) is 1. The van der Waals surface area contributed by atoms with Crippen LogP contribution in [0.15, 0.2) is 30.6 Å². The number of aryl methyl sites for hydroxylation is 1. The van der Waals surface area contributed by atoms with Gasteiger partial charge >= 0.3 is 0 Å². The maximum atomic E-state index is 4.98. The van der Waals surface area contributed by atoms with Crippen molar-refractivity contribution in [1.29, 1.82) is 0 Å². The molecule has 0 N–H and O–H groups in total. The van der Waals surface area contributed by atoms with Crippen molar-refractivity contribution in [1.82, 2.24) is 19.4 Å². The van der Waals surface area contributed by atoms with Gasteiger partial charge in [0.2, 0.25) is 0 Å². The fourth-order valence-corrected chi connectivity index (χ4v) is 4.45. The maximum Gasteiger partial charge on any atom is 0.138 e. The predicted octanol–water partition coefficient (Wildman–Crippen LogP) is 4.09. The van der Waals surface area contributed by atoms with Crippen LogP contribution in [0.25, 0.3) is 5.82 Å². The fourth-order valence-electron chi connectivity index (χ4n) is 4.45. The van der Waals surface area contributed by atoms with Crippen LogP contribution in [0.4, 0.5) is 0 Å². The summed E-state index contributed by atoms with van der Waals surface area (Å²) in [5.41, 5.74) is 1.25. The number of piperidine rings is 1. The molecule has 1 aliphatic heterocycles. The van der Waals surface area contributed by atoms with Gasteiger partial charge in [0, 0.05) is 36.6 Å². The lowest BCUT2D eigenvalue weighted by atomic mass is 9.89. The smallest absolute Gasteiger partial charge is 0.138 e. The van der Waals surface area contributed by atoms with Crippen LogP contribution in [-0.2, 0) is 0 Å². The van der Waals surface area contributed by atoms with Crippen molar-refractivity contribution in [3.05, 3.63) is 42.1 Å². The van der Waals surface area contributed by atoms with E-state index in [2.05, 4.69) is 32.7 Å². The van der Waals surface area contributed by atoms with Crippen LogP contribution < -0.4 is 0 Å². The number of hydrogen-bond acceptors (Lipinski definition) is 3. The summed E-state index contributed by atoms with van der Waals surface area (Å²) in [5.74, 6) is 2.56. The minimum Gasteiger partial charge on any atom is -0.300 e. The van der Waals surface area contributed by atoms with Crippen LogP contribution in [0, 0.1) is 6.92 Å². The van der Waals surface area contributed by atoms with Gasteiger partial charge < -0.3 is 0 Å². The molecule has 128 valence electrons. The van der Waals surface area contributed by atoms with Gasteiger partial charge in [0.25, 0.3) is 0 Å². The number of nitrogens with zero attached hydrogens (tertiary/aromatic N) is 4. The molecule has 4 rings (SSSR count). The Bertz CT molecular complexity index is 672. The lowest BCUT2D eigenvalue weighted by Gasteiger charge is -2.40. The number of hydrogen-bond donors (Lipinski definition) is 0. The zero-order valence-corrected chi connectivity index (χ0v) is 14.7. The van der Waals surface area contributed by atoms with Gasteiger partial charge in [-0.05, 0) is 51.3 Å². The van der Waals surface area contributed by atoms with E-state index in [9.17, 15) is 0 Å². The summed E-state index contributed by atoms with van der Waals surface area (Å²) in [7, 11) is 0. The average molecular weight is 324 g/mol. The van der Waals surface area contributed by atoms with Gasteiger partial charge in [0.15, 0.2) is 0 Å². The van der Waals surface area contributed by atoms with Gasteiger partial charge in [0.1, 0.15) is 11.6 Å². The minimum absolute atomic E-state index is 0.574. The van der Waals surface area contributed by atoms with Crippen molar-refractivity contribution in [3.63, 3.8) is 0 Å². The Kier molecular flexibility index (Phi) is 4.65.